The molecule has 0 amide bonds. The molecule has 0 saturated carbocycles. The molecule has 5 nitrogen and oxygen atoms in total. The van der Waals surface area contributed by atoms with Crippen LogP contribution in [0.4, 0.5) is 11.4 Å². The highest BCUT2D eigenvalue weighted by atomic mass is 16.4. The average molecular weight is 389 g/mol. The topological polar surface area (TPSA) is 86.6 Å². The van der Waals surface area contributed by atoms with Crippen LogP contribution in [0.15, 0.2) is 60.7 Å². The Bertz CT molecular complexity index is 1070. The molecule has 0 aromatic heterocycles. The summed E-state index contributed by atoms with van der Waals surface area (Å²) in [5, 5.41) is 23.1. The number of hydrogen-bond donors (Lipinski definition) is 3. The standard InChI is InChI=1S/C24H23NO4/c1-3-8-16-13-14-21(22(26)15(16)2)25-20-12-7-6-11-19(20)23(27)17-9-4-5-10-18(17)24(28)29/h4-7,9-14,25-26H,3,8H2,1-2H3,(H,28,29). The number of phenols is 1. The van der Waals surface area contributed by atoms with Gasteiger partial charge < -0.3 is 15.5 Å². The van der Waals surface area contributed by atoms with Crippen molar-refractivity contribution in [2.24, 2.45) is 0 Å². The molecule has 5 heteroatoms. The summed E-state index contributed by atoms with van der Waals surface area (Å²) in [5.74, 6) is -1.41. The van der Waals surface area contributed by atoms with Gasteiger partial charge in [0.05, 0.1) is 11.3 Å². The third kappa shape index (κ3) is 4.14. The van der Waals surface area contributed by atoms with Gasteiger partial charge in [0.1, 0.15) is 5.75 Å². The summed E-state index contributed by atoms with van der Waals surface area (Å²) < 4.78 is 0. The summed E-state index contributed by atoms with van der Waals surface area (Å²) in [6.45, 7) is 3.95. The number of aryl methyl sites for hydroxylation is 1. The Hall–Kier alpha value is -3.60. The van der Waals surface area contributed by atoms with E-state index in [-0.39, 0.29) is 16.9 Å². The molecule has 148 valence electrons. The number of carboxylic acids is 1. The number of hydrogen-bond acceptors (Lipinski definition) is 4. The molecule has 0 saturated heterocycles. The number of phenolic OH excluding ortho intramolecular Hbond substituents is 1. The van der Waals surface area contributed by atoms with Crippen LogP contribution in [0.25, 0.3) is 0 Å². The minimum absolute atomic E-state index is 0.0464. The van der Waals surface area contributed by atoms with E-state index in [0.717, 1.165) is 24.0 Å². The summed E-state index contributed by atoms with van der Waals surface area (Å²) in [7, 11) is 0. The van der Waals surface area contributed by atoms with Crippen LogP contribution in [-0.4, -0.2) is 22.0 Å². The first kappa shape index (κ1) is 20.1. The second-order valence-corrected chi connectivity index (χ2v) is 6.85. The molecule has 29 heavy (non-hydrogen) atoms. The lowest BCUT2D eigenvalue weighted by Gasteiger charge is -2.16. The Morgan fingerprint density at radius 1 is 0.862 bits per heavy atom. The number of para-hydroxylation sites is 1. The lowest BCUT2D eigenvalue weighted by Crippen LogP contribution is -2.11. The molecule has 0 aliphatic carbocycles. The molecule has 0 aliphatic rings. The van der Waals surface area contributed by atoms with Crippen LogP contribution >= 0.6 is 0 Å². The Kier molecular flexibility index (Phi) is 5.98. The van der Waals surface area contributed by atoms with Gasteiger partial charge in [-0.3, -0.25) is 4.79 Å². The van der Waals surface area contributed by atoms with Crippen LogP contribution in [0.2, 0.25) is 0 Å². The van der Waals surface area contributed by atoms with Crippen molar-refractivity contribution in [2.45, 2.75) is 26.7 Å². The molecule has 0 radical (unpaired) electrons. The maximum atomic E-state index is 13.1. The van der Waals surface area contributed by atoms with Crippen molar-refractivity contribution in [3.8, 4) is 5.75 Å². The first-order valence-electron chi connectivity index (χ1n) is 9.48. The van der Waals surface area contributed by atoms with Gasteiger partial charge in [-0.15, -0.1) is 0 Å². The predicted octanol–water partition coefficient (Wildman–Crippen LogP) is 5.33. The Morgan fingerprint density at radius 3 is 2.14 bits per heavy atom. The van der Waals surface area contributed by atoms with Gasteiger partial charge in [-0.2, -0.15) is 0 Å². The van der Waals surface area contributed by atoms with E-state index in [1.165, 1.54) is 12.1 Å². The summed E-state index contributed by atoms with van der Waals surface area (Å²) in [6, 6.07) is 16.8. The van der Waals surface area contributed by atoms with Crippen LogP contribution in [0.3, 0.4) is 0 Å². The van der Waals surface area contributed by atoms with Gasteiger partial charge in [0.2, 0.25) is 0 Å². The Balaban J connectivity index is 2.00. The summed E-state index contributed by atoms with van der Waals surface area (Å²) in [5.41, 5.74) is 3.27. The summed E-state index contributed by atoms with van der Waals surface area (Å²) >= 11 is 0. The third-order valence-corrected chi connectivity index (χ3v) is 4.91. The van der Waals surface area contributed by atoms with Crippen molar-refractivity contribution in [3.05, 3.63) is 88.5 Å². The highest BCUT2D eigenvalue weighted by Crippen LogP contribution is 2.34. The van der Waals surface area contributed by atoms with E-state index in [1.54, 1.807) is 42.5 Å². The zero-order valence-corrected chi connectivity index (χ0v) is 16.4. The van der Waals surface area contributed by atoms with E-state index < -0.39 is 11.8 Å². The van der Waals surface area contributed by atoms with E-state index in [4.69, 9.17) is 0 Å². The van der Waals surface area contributed by atoms with Gasteiger partial charge in [-0.25, -0.2) is 4.79 Å². The number of aromatic hydroxyl groups is 1. The number of rotatable bonds is 7. The maximum Gasteiger partial charge on any atom is 0.336 e. The van der Waals surface area contributed by atoms with Gasteiger partial charge in [0.15, 0.2) is 5.78 Å². The van der Waals surface area contributed by atoms with Crippen molar-refractivity contribution in [1.82, 2.24) is 0 Å². The van der Waals surface area contributed by atoms with Crippen molar-refractivity contribution in [1.29, 1.82) is 0 Å². The van der Waals surface area contributed by atoms with E-state index >= 15 is 0 Å². The van der Waals surface area contributed by atoms with Crippen LogP contribution in [0.1, 0.15) is 50.8 Å². The maximum absolute atomic E-state index is 13.1. The predicted molar refractivity (Wildman–Crippen MR) is 113 cm³/mol. The number of benzene rings is 3. The Labute approximate surface area is 169 Å². The van der Waals surface area contributed by atoms with Crippen molar-refractivity contribution < 1.29 is 19.8 Å². The minimum atomic E-state index is -1.15. The van der Waals surface area contributed by atoms with Gasteiger partial charge in [-0.1, -0.05) is 49.7 Å². The molecule has 0 atom stereocenters. The molecule has 3 N–H and O–H groups in total. The first-order valence-corrected chi connectivity index (χ1v) is 9.48. The lowest BCUT2D eigenvalue weighted by atomic mass is 9.97. The molecule has 0 aliphatic heterocycles. The molecule has 3 aromatic carbocycles. The SMILES string of the molecule is CCCc1ccc(Nc2ccccc2C(=O)c2ccccc2C(=O)O)c(O)c1C. The second kappa shape index (κ2) is 8.61. The van der Waals surface area contributed by atoms with Crippen LogP contribution in [-0.2, 0) is 6.42 Å². The van der Waals surface area contributed by atoms with Crippen LogP contribution < -0.4 is 5.32 Å². The number of aromatic carboxylic acids is 1. The van der Waals surface area contributed by atoms with E-state index in [9.17, 15) is 19.8 Å². The van der Waals surface area contributed by atoms with E-state index in [2.05, 4.69) is 12.2 Å². The van der Waals surface area contributed by atoms with Gasteiger partial charge in [-0.05, 0) is 48.7 Å². The van der Waals surface area contributed by atoms with Crippen molar-refractivity contribution >= 4 is 23.1 Å². The molecular weight excluding hydrogens is 366 g/mol. The van der Waals surface area contributed by atoms with Gasteiger partial charge >= 0.3 is 5.97 Å². The highest BCUT2D eigenvalue weighted by molar-refractivity contribution is 6.16. The molecule has 0 unspecified atom stereocenters. The van der Waals surface area contributed by atoms with E-state index in [0.29, 0.717) is 16.9 Å². The molecular formula is C24H23NO4. The average Bonchev–Trinajstić information content (AvgIpc) is 2.73. The number of carbonyl (C=O) groups excluding carboxylic acids is 1. The monoisotopic (exact) mass is 389 g/mol. The van der Waals surface area contributed by atoms with Crippen molar-refractivity contribution in [2.75, 3.05) is 5.32 Å². The molecule has 0 fully saturated rings. The van der Waals surface area contributed by atoms with Gasteiger partial charge in [0.25, 0.3) is 0 Å². The van der Waals surface area contributed by atoms with Crippen molar-refractivity contribution in [3.63, 3.8) is 0 Å². The summed E-state index contributed by atoms with van der Waals surface area (Å²) in [6.07, 6.45) is 1.86. The first-order chi connectivity index (χ1) is 13.9. The third-order valence-electron chi connectivity index (χ3n) is 4.91. The fourth-order valence-corrected chi connectivity index (χ4v) is 3.33. The van der Waals surface area contributed by atoms with E-state index in [1.807, 2.05) is 13.0 Å². The smallest absolute Gasteiger partial charge is 0.336 e. The molecule has 0 heterocycles. The zero-order valence-electron chi connectivity index (χ0n) is 16.4. The number of ketones is 1. The number of carbonyl (C=O) groups is 2. The van der Waals surface area contributed by atoms with Crippen LogP contribution in [0.5, 0.6) is 5.75 Å². The highest BCUT2D eigenvalue weighted by Gasteiger charge is 2.20. The molecule has 0 spiro atoms. The minimum Gasteiger partial charge on any atom is -0.505 e. The number of carboxylic acid groups (broad SMARTS) is 1. The fourth-order valence-electron chi connectivity index (χ4n) is 3.33. The lowest BCUT2D eigenvalue weighted by molar-refractivity contribution is 0.0693. The quantitative estimate of drug-likeness (QED) is 0.376. The normalized spacial score (nSPS) is 10.6. The molecule has 0 bridgehead atoms. The Morgan fingerprint density at radius 2 is 1.48 bits per heavy atom. The zero-order chi connectivity index (χ0) is 21.0. The van der Waals surface area contributed by atoms with Crippen LogP contribution in [0, 0.1) is 6.92 Å². The number of anilines is 2. The molecule has 3 aromatic rings. The largest absolute Gasteiger partial charge is 0.505 e. The number of nitrogens with one attached hydrogen (secondary N) is 1. The summed E-state index contributed by atoms with van der Waals surface area (Å²) in [4.78, 5) is 24.6. The van der Waals surface area contributed by atoms with Gasteiger partial charge in [0, 0.05) is 16.8 Å². The molecule has 3 rings (SSSR count). The second-order valence-electron chi connectivity index (χ2n) is 6.85. The fraction of sp³-hybridized carbons (Fsp3) is 0.167.